The number of fused-ring (bicyclic) bond motifs is 14. The van der Waals surface area contributed by atoms with E-state index in [1.165, 1.54) is 114 Å². The minimum atomic E-state index is -3.13. The molecule has 4 aliphatic rings. The summed E-state index contributed by atoms with van der Waals surface area (Å²) in [5.74, 6) is 0. The molecule has 0 bridgehead atoms. The molecule has 0 saturated heterocycles. The average Bonchev–Trinajstić information content (AvgIpc) is 3.90. The first kappa shape index (κ1) is 48.8. The molecule has 1 aliphatic carbocycles. The van der Waals surface area contributed by atoms with E-state index in [1.54, 1.807) is 0 Å². The Labute approximate surface area is 477 Å². The third-order valence-electron chi connectivity index (χ3n) is 18.0. The first-order valence-corrected chi connectivity index (χ1v) is 31.2. The van der Waals surface area contributed by atoms with Gasteiger partial charge in [-0.1, -0.05) is 253 Å². The molecule has 0 amide bonds. The topological polar surface area (TPSA) is 6.48 Å². The second-order valence-corrected chi connectivity index (χ2v) is 29.2. The van der Waals surface area contributed by atoms with Gasteiger partial charge >= 0.3 is 0 Å². The van der Waals surface area contributed by atoms with Crippen LogP contribution < -0.4 is 46.9 Å². The molecule has 2 nitrogen and oxygen atoms in total. The van der Waals surface area contributed by atoms with Crippen molar-refractivity contribution in [1.29, 1.82) is 0 Å². The lowest BCUT2D eigenvalue weighted by atomic mass is 9.32. The molecule has 0 radical (unpaired) electrons. The Bertz CT molecular complexity index is 4080. The van der Waals surface area contributed by atoms with Gasteiger partial charge in [0.05, 0.1) is 5.41 Å². The Balaban J connectivity index is 1.12. The highest BCUT2D eigenvalue weighted by molar-refractivity contribution is 7.99. The van der Waals surface area contributed by atoms with Crippen LogP contribution in [0.2, 0.25) is 0 Å². The van der Waals surface area contributed by atoms with Crippen molar-refractivity contribution in [2.75, 3.05) is 9.80 Å². The summed E-state index contributed by atoms with van der Waals surface area (Å²) in [7, 11) is -3.13. The molecule has 0 N–H and O–H groups in total. The van der Waals surface area contributed by atoms with Crippen molar-refractivity contribution in [1.82, 2.24) is 0 Å². The van der Waals surface area contributed by atoms with Gasteiger partial charge in [0.2, 0.25) is 0 Å². The van der Waals surface area contributed by atoms with Crippen LogP contribution in [0.4, 0.5) is 34.1 Å². The zero-order valence-electron chi connectivity index (χ0n) is 46.2. The van der Waals surface area contributed by atoms with E-state index < -0.39 is 13.5 Å². The minimum absolute atomic E-state index is 0.00635. The number of nitrogens with zero attached hydrogens (tertiary/aromatic N) is 2. The Morgan fingerprint density at radius 2 is 0.800 bits per heavy atom. The summed E-state index contributed by atoms with van der Waals surface area (Å²) in [4.78, 5) is 7.91. The lowest BCUT2D eigenvalue weighted by molar-refractivity contribution is 0.590. The van der Waals surface area contributed by atoms with Gasteiger partial charge in [-0.05, 0) is 153 Å². The van der Waals surface area contributed by atoms with E-state index in [1.807, 2.05) is 11.8 Å². The van der Waals surface area contributed by atoms with Crippen molar-refractivity contribution < 1.29 is 0 Å². The van der Waals surface area contributed by atoms with E-state index in [-0.39, 0.29) is 17.5 Å². The van der Waals surface area contributed by atoms with Crippen LogP contribution in [0, 0.1) is 0 Å². The predicted octanol–water partition coefficient (Wildman–Crippen LogP) is 14.6. The fourth-order valence-corrected chi connectivity index (χ4v) is 20.4. The number of anilines is 6. The van der Waals surface area contributed by atoms with Crippen molar-refractivity contribution in [2.45, 2.75) is 67.6 Å². The second kappa shape index (κ2) is 18.1. The highest BCUT2D eigenvalue weighted by Crippen LogP contribution is 2.63. The zero-order chi connectivity index (χ0) is 54.1. The van der Waals surface area contributed by atoms with E-state index in [9.17, 15) is 0 Å². The van der Waals surface area contributed by atoms with E-state index in [0.717, 1.165) is 11.4 Å². The van der Waals surface area contributed by atoms with E-state index >= 15 is 0 Å². The second-order valence-electron chi connectivity index (χ2n) is 24.3. The molecule has 384 valence electrons. The summed E-state index contributed by atoms with van der Waals surface area (Å²) < 4.78 is 0. The third-order valence-corrected chi connectivity index (χ3v) is 23.9. The van der Waals surface area contributed by atoms with E-state index in [4.69, 9.17) is 0 Å². The van der Waals surface area contributed by atoms with Gasteiger partial charge in [0.1, 0.15) is 0 Å². The van der Waals surface area contributed by atoms with Gasteiger partial charge in [0.25, 0.3) is 6.71 Å². The SMILES string of the molecule is CC(C)(C)c1ccc(N2c3ccccc3B3c4c2cc([Si](c2ccccc2)(c2ccccc2)c2ccccc2)cc4N(c2ccc(C(C)(C)C)cc2)c2ccc4c(c23)-c2ccccc2C42c3ccccc3Sc3ccccc32)cc1. The molecule has 0 fully saturated rings. The molecule has 3 heterocycles. The fourth-order valence-electron chi connectivity index (χ4n) is 14.4. The molecule has 11 aromatic carbocycles. The van der Waals surface area contributed by atoms with Crippen LogP contribution in [0.5, 0.6) is 0 Å². The number of para-hydroxylation sites is 1. The molecule has 0 aromatic heterocycles. The van der Waals surface area contributed by atoms with Crippen LogP contribution in [0.3, 0.4) is 0 Å². The molecule has 80 heavy (non-hydrogen) atoms. The maximum atomic E-state index is 2.67. The molecule has 0 saturated carbocycles. The van der Waals surface area contributed by atoms with Gasteiger partial charge in [-0.15, -0.1) is 0 Å². The molecule has 11 aromatic rings. The molecule has 1 spiro atoms. The maximum Gasteiger partial charge on any atom is 0.252 e. The third kappa shape index (κ3) is 6.99. The Kier molecular flexibility index (Phi) is 11.0. The summed E-state index contributed by atoms with van der Waals surface area (Å²) in [5, 5.41) is 5.38. The van der Waals surface area contributed by atoms with Crippen molar-refractivity contribution in [3.63, 3.8) is 0 Å². The Morgan fingerprint density at radius 3 is 1.31 bits per heavy atom. The zero-order valence-corrected chi connectivity index (χ0v) is 48.0. The largest absolute Gasteiger partial charge is 0.311 e. The van der Waals surface area contributed by atoms with Crippen LogP contribution in [-0.4, -0.2) is 14.8 Å². The van der Waals surface area contributed by atoms with Gasteiger partial charge in [0.15, 0.2) is 8.07 Å². The van der Waals surface area contributed by atoms with Gasteiger partial charge < -0.3 is 9.80 Å². The summed E-state index contributed by atoms with van der Waals surface area (Å²) >= 11 is 1.91. The van der Waals surface area contributed by atoms with Crippen molar-refractivity contribution in [2.24, 2.45) is 0 Å². The van der Waals surface area contributed by atoms with Gasteiger partial charge in [0, 0.05) is 43.9 Å². The summed E-state index contributed by atoms with van der Waals surface area (Å²) in [6, 6.07) is 101. The smallest absolute Gasteiger partial charge is 0.252 e. The standard InChI is InChI=1S/C75H61BN2SSi/c1-73(2,3)50-38-42-52(43-39-50)77-64-35-21-20-34-63(64)76-71-66(77)48-57(80(54-24-10-7-11-25-54,55-26-12-8-13-27-55)56-28-14-9-15-29-56)49-67(71)78(53-44-40-51(41-45-53)74(4,5)6)65-47-46-62-70(72(65)76)58-30-16-17-31-59(58)75(62)60-32-18-22-36-68(60)79-69-37-23-19-33-61(69)75/h7-49H,1-6H3. The van der Waals surface area contributed by atoms with Crippen molar-refractivity contribution >= 4 is 97.8 Å². The van der Waals surface area contributed by atoms with Crippen LogP contribution >= 0.6 is 11.8 Å². The molecule has 3 aliphatic heterocycles. The lowest BCUT2D eigenvalue weighted by Crippen LogP contribution is -2.75. The Morgan fingerprint density at radius 1 is 0.362 bits per heavy atom. The van der Waals surface area contributed by atoms with Gasteiger partial charge in [-0.2, -0.15) is 0 Å². The quantitative estimate of drug-likeness (QED) is 0.121. The first-order valence-electron chi connectivity index (χ1n) is 28.4. The molecular formula is C75H61BN2SSi. The van der Waals surface area contributed by atoms with Crippen molar-refractivity contribution in [3.05, 3.63) is 294 Å². The van der Waals surface area contributed by atoms with Gasteiger partial charge in [-0.25, -0.2) is 0 Å². The number of benzene rings is 11. The molecule has 0 unspecified atom stereocenters. The molecule has 0 atom stereocenters. The molecule has 5 heteroatoms. The maximum absolute atomic E-state index is 3.13. The minimum Gasteiger partial charge on any atom is -0.311 e. The normalized spacial score (nSPS) is 14.3. The van der Waals surface area contributed by atoms with Crippen LogP contribution in [0.15, 0.2) is 271 Å². The van der Waals surface area contributed by atoms with Crippen LogP contribution in [-0.2, 0) is 16.2 Å². The highest BCUT2D eigenvalue weighted by Gasteiger charge is 2.55. The summed E-state index contributed by atoms with van der Waals surface area (Å²) in [5.41, 5.74) is 21.3. The number of hydrogen-bond acceptors (Lipinski definition) is 3. The summed E-state index contributed by atoms with van der Waals surface area (Å²) in [6.07, 6.45) is 0. The summed E-state index contributed by atoms with van der Waals surface area (Å²) in [6.45, 7) is 13.8. The highest BCUT2D eigenvalue weighted by atomic mass is 32.2. The van der Waals surface area contributed by atoms with Gasteiger partial charge in [-0.3, -0.25) is 0 Å². The van der Waals surface area contributed by atoms with Crippen LogP contribution in [0.25, 0.3) is 11.1 Å². The predicted molar refractivity (Wildman–Crippen MR) is 343 cm³/mol. The number of hydrogen-bond donors (Lipinski definition) is 0. The number of rotatable bonds is 6. The molecular weight excluding hydrogens is 1000 g/mol. The lowest BCUT2D eigenvalue weighted by Gasteiger charge is -2.46. The van der Waals surface area contributed by atoms with E-state index in [2.05, 4.69) is 312 Å². The average molecular weight is 1060 g/mol. The monoisotopic (exact) mass is 1060 g/mol. The van der Waals surface area contributed by atoms with Crippen molar-refractivity contribution in [3.8, 4) is 11.1 Å². The van der Waals surface area contributed by atoms with Crippen LogP contribution in [0.1, 0.15) is 74.9 Å². The van der Waals surface area contributed by atoms with E-state index in [0.29, 0.717) is 0 Å². The fraction of sp³-hybridized carbons (Fsp3) is 0.120. The first-order chi connectivity index (χ1) is 39.0. The Hall–Kier alpha value is -8.35. The molecule has 15 rings (SSSR count).